The lowest BCUT2D eigenvalue weighted by Crippen LogP contribution is -2.39. The van der Waals surface area contributed by atoms with Crippen LogP contribution in [0.25, 0.3) is 0 Å². The van der Waals surface area contributed by atoms with Gasteiger partial charge in [-0.25, -0.2) is 9.59 Å². The molecule has 5 amide bonds. The van der Waals surface area contributed by atoms with Gasteiger partial charge in [-0.15, -0.1) is 0 Å². The first-order chi connectivity index (χ1) is 20.4. The maximum atomic E-state index is 11.4. The van der Waals surface area contributed by atoms with Crippen LogP contribution in [-0.4, -0.2) is 63.5 Å². The minimum atomic E-state index is -0.471. The van der Waals surface area contributed by atoms with Gasteiger partial charge in [-0.3, -0.25) is 9.59 Å². The third kappa shape index (κ3) is 32.7. The van der Waals surface area contributed by atoms with E-state index in [4.69, 9.17) is 10.5 Å². The molecule has 0 aliphatic rings. The molecule has 0 radical (unpaired) electrons. The number of rotatable bonds is 13. The lowest BCUT2D eigenvalue weighted by atomic mass is 10.0. The molecule has 1 rings (SSSR count). The molecule has 7 N–H and O–H groups in total. The van der Waals surface area contributed by atoms with Gasteiger partial charge < -0.3 is 41.8 Å². The first-order valence-corrected chi connectivity index (χ1v) is 15.1. The minimum absolute atomic E-state index is 0.0236. The van der Waals surface area contributed by atoms with Crippen molar-refractivity contribution < 1.29 is 28.7 Å². The number of urea groups is 1. The Bertz CT molecular complexity index is 848. The fraction of sp³-hybridized carbons (Fsp3) is 0.645. The van der Waals surface area contributed by atoms with Crippen molar-refractivity contribution in [2.75, 3.05) is 32.5 Å². The Hall–Kier alpha value is -3.67. The maximum Gasteiger partial charge on any atom is 0.407 e. The molecule has 1 unspecified atom stereocenters. The molecule has 0 fully saturated rings. The monoisotopic (exact) mass is 612 g/mol. The van der Waals surface area contributed by atoms with E-state index in [2.05, 4.69) is 40.4 Å². The number of amides is 5. The summed E-state index contributed by atoms with van der Waals surface area (Å²) in [7, 11) is 3.21. The number of likely N-dealkylation sites (N-methyl/N-ethyl adjacent to an activating group) is 1. The largest absolute Gasteiger partial charge is 0.445 e. The quantitative estimate of drug-likeness (QED) is 0.176. The average molecular weight is 613 g/mol. The first-order valence-electron chi connectivity index (χ1n) is 15.1. The van der Waals surface area contributed by atoms with E-state index in [1.54, 1.807) is 31.3 Å². The summed E-state index contributed by atoms with van der Waals surface area (Å²) >= 11 is 0. The van der Waals surface area contributed by atoms with E-state index in [0.29, 0.717) is 24.6 Å². The van der Waals surface area contributed by atoms with Gasteiger partial charge in [-0.05, 0) is 49.4 Å². The van der Waals surface area contributed by atoms with Gasteiger partial charge in [-0.1, -0.05) is 74.4 Å². The van der Waals surface area contributed by atoms with E-state index < -0.39 is 12.1 Å². The van der Waals surface area contributed by atoms with Crippen molar-refractivity contribution in [2.45, 2.75) is 94.2 Å². The van der Waals surface area contributed by atoms with Gasteiger partial charge in [0.1, 0.15) is 12.9 Å². The van der Waals surface area contributed by atoms with E-state index in [1.807, 2.05) is 48.5 Å². The molecule has 250 valence electrons. The number of alkyl carbamates (subject to hydrolysis) is 1. The number of aldehydes is 1. The number of anilines is 1. The maximum absolute atomic E-state index is 11.4. The number of hydrogen-bond acceptors (Lipinski definition) is 7. The normalized spacial score (nSPS) is 9.88. The molecule has 0 saturated heterocycles. The average Bonchev–Trinajstić information content (AvgIpc) is 2.99. The summed E-state index contributed by atoms with van der Waals surface area (Å²) in [5.41, 5.74) is 6.29. The summed E-state index contributed by atoms with van der Waals surface area (Å²) in [5.74, 6) is 0.557. The standard InChI is InChI=1S/C12H17N3O3.C11H21NO2.C4H10N2O.2C2H6/c1-13-7-11(16)15-10-5-3-9(4-6-10)8-18-12(17)14-2;1-8(2)5-6-11(14)12-10(7-13)9(3)4;1-2-3-6-4(5)7;2*1-2/h3-6,13H,7-8H2,1-2H3,(H,14,17)(H,15,16);7-10H,5-6H2,1-4H3,(H,12,14);2-3H2,1H3,(H3,5,6,7);2*1-2H3. The van der Waals surface area contributed by atoms with E-state index in [-0.39, 0.29) is 36.9 Å². The number of benzene rings is 1. The fourth-order valence-corrected chi connectivity index (χ4v) is 2.55. The molecular formula is C31H60N6O6. The Balaban J connectivity index is -0.000000270. The van der Waals surface area contributed by atoms with E-state index in [1.165, 1.54) is 7.05 Å². The van der Waals surface area contributed by atoms with E-state index in [0.717, 1.165) is 24.7 Å². The van der Waals surface area contributed by atoms with Gasteiger partial charge in [0.2, 0.25) is 11.8 Å². The first kappa shape index (κ1) is 46.3. The van der Waals surface area contributed by atoms with Gasteiger partial charge in [0.15, 0.2) is 0 Å². The lowest BCUT2D eigenvalue weighted by molar-refractivity contribution is -0.124. The van der Waals surface area contributed by atoms with Crippen molar-refractivity contribution in [1.82, 2.24) is 21.3 Å². The van der Waals surface area contributed by atoms with Gasteiger partial charge in [0.25, 0.3) is 0 Å². The molecular weight excluding hydrogens is 552 g/mol. The second kappa shape index (κ2) is 32.8. The molecule has 1 atom stereocenters. The molecule has 0 aromatic heterocycles. The topological polar surface area (TPSA) is 181 Å². The molecule has 0 spiro atoms. The number of primary amides is 1. The Labute approximate surface area is 260 Å². The smallest absolute Gasteiger partial charge is 0.407 e. The molecule has 12 nitrogen and oxygen atoms in total. The lowest BCUT2D eigenvalue weighted by Gasteiger charge is -2.16. The van der Waals surface area contributed by atoms with Crippen LogP contribution in [0.5, 0.6) is 0 Å². The second-order valence-corrected chi connectivity index (χ2v) is 9.30. The third-order valence-electron chi connectivity index (χ3n) is 4.84. The zero-order valence-electron chi connectivity index (χ0n) is 28.4. The van der Waals surface area contributed by atoms with Crippen LogP contribution in [0.15, 0.2) is 24.3 Å². The molecule has 0 bridgehead atoms. The number of nitrogens with two attached hydrogens (primary N) is 1. The number of ether oxygens (including phenoxy) is 1. The predicted molar refractivity (Wildman–Crippen MR) is 176 cm³/mol. The van der Waals surface area contributed by atoms with Gasteiger partial charge >= 0.3 is 12.1 Å². The van der Waals surface area contributed by atoms with Crippen molar-refractivity contribution in [3.63, 3.8) is 0 Å². The summed E-state index contributed by atoms with van der Waals surface area (Å²) in [4.78, 5) is 54.0. The van der Waals surface area contributed by atoms with Gasteiger partial charge in [0, 0.05) is 25.7 Å². The highest BCUT2D eigenvalue weighted by molar-refractivity contribution is 5.92. The van der Waals surface area contributed by atoms with Crippen molar-refractivity contribution in [2.24, 2.45) is 17.6 Å². The summed E-state index contributed by atoms with van der Waals surface area (Å²) in [5, 5.41) is 13.0. The minimum Gasteiger partial charge on any atom is -0.445 e. The molecule has 0 saturated carbocycles. The highest BCUT2D eigenvalue weighted by Crippen LogP contribution is 2.10. The molecule has 43 heavy (non-hydrogen) atoms. The molecule has 0 aliphatic carbocycles. The number of nitrogens with one attached hydrogen (secondary N) is 5. The van der Waals surface area contributed by atoms with Crippen molar-refractivity contribution >= 4 is 35.9 Å². The highest BCUT2D eigenvalue weighted by Gasteiger charge is 2.14. The highest BCUT2D eigenvalue weighted by atomic mass is 16.5. The Kier molecular flexibility index (Phi) is 35.4. The van der Waals surface area contributed by atoms with Crippen LogP contribution in [-0.2, 0) is 25.7 Å². The van der Waals surface area contributed by atoms with Gasteiger partial charge in [-0.2, -0.15) is 0 Å². The van der Waals surface area contributed by atoms with Crippen molar-refractivity contribution in [3.05, 3.63) is 29.8 Å². The SMILES string of the molecule is CC.CC.CC(C)CCC(=O)NC(C=O)C(C)C.CCCNC(N)=O.CNCC(=O)Nc1ccc(COC(=O)NC)cc1. The number of carbonyl (C=O) groups is 5. The number of carbonyl (C=O) groups excluding carboxylic acids is 5. The van der Waals surface area contributed by atoms with Crippen LogP contribution in [0.2, 0.25) is 0 Å². The summed E-state index contributed by atoms with van der Waals surface area (Å²) in [6.45, 7) is 19.1. The Morgan fingerprint density at radius 1 is 0.930 bits per heavy atom. The second-order valence-electron chi connectivity index (χ2n) is 9.30. The van der Waals surface area contributed by atoms with E-state index >= 15 is 0 Å². The zero-order valence-corrected chi connectivity index (χ0v) is 28.4. The summed E-state index contributed by atoms with van der Waals surface area (Å²) in [6.07, 6.45) is 2.65. The van der Waals surface area contributed by atoms with Crippen molar-refractivity contribution in [1.29, 1.82) is 0 Å². The van der Waals surface area contributed by atoms with Crippen LogP contribution in [0.3, 0.4) is 0 Å². The predicted octanol–water partition coefficient (Wildman–Crippen LogP) is 4.58. The third-order valence-corrected chi connectivity index (χ3v) is 4.84. The summed E-state index contributed by atoms with van der Waals surface area (Å²) in [6, 6.07) is 6.32. The molecule has 12 heteroatoms. The molecule has 0 aliphatic heterocycles. The van der Waals surface area contributed by atoms with Crippen molar-refractivity contribution in [3.8, 4) is 0 Å². The molecule has 0 heterocycles. The molecule has 1 aromatic carbocycles. The van der Waals surface area contributed by atoms with Crippen LogP contribution in [0.1, 0.15) is 87.1 Å². The van der Waals surface area contributed by atoms with Crippen LogP contribution < -0.4 is 32.3 Å². The number of hydrogen-bond donors (Lipinski definition) is 6. The Morgan fingerprint density at radius 3 is 1.86 bits per heavy atom. The van der Waals surface area contributed by atoms with Crippen LogP contribution >= 0.6 is 0 Å². The fourth-order valence-electron chi connectivity index (χ4n) is 2.55. The molecule has 1 aromatic rings. The van der Waals surface area contributed by atoms with Crippen LogP contribution in [0.4, 0.5) is 15.3 Å². The summed E-state index contributed by atoms with van der Waals surface area (Å²) < 4.78 is 4.89. The van der Waals surface area contributed by atoms with Gasteiger partial charge in [0.05, 0.1) is 12.6 Å². The van der Waals surface area contributed by atoms with Crippen LogP contribution in [0, 0.1) is 11.8 Å². The zero-order chi connectivity index (χ0) is 34.2. The Morgan fingerprint density at radius 2 is 1.49 bits per heavy atom. The van der Waals surface area contributed by atoms with E-state index in [9.17, 15) is 24.0 Å².